The number of hydrogen-bond acceptors (Lipinski definition) is 9. The van der Waals surface area contributed by atoms with Crippen LogP contribution in [0.4, 0.5) is 16.2 Å². The minimum Gasteiger partial charge on any atom is -0.490 e. The molecule has 166 valence electrons. The van der Waals surface area contributed by atoms with E-state index in [-0.39, 0.29) is 43.2 Å². The molecule has 11 nitrogen and oxygen atoms in total. The lowest BCUT2D eigenvalue weighted by atomic mass is 10.1. The van der Waals surface area contributed by atoms with Crippen LogP contribution in [-0.2, 0) is 9.47 Å². The summed E-state index contributed by atoms with van der Waals surface area (Å²) in [4.78, 5) is 38.6. The first-order valence-electron chi connectivity index (χ1n) is 9.32. The SMILES string of the molecule is COC(=O)c1cc([N+](=O)[O-])c(OC)cc1N1CCN(C(=O)OC(C)(C)C)C[C@@H]1CO. The van der Waals surface area contributed by atoms with E-state index in [0.717, 1.165) is 6.07 Å². The van der Waals surface area contributed by atoms with Crippen molar-refractivity contribution >= 4 is 23.4 Å². The normalized spacial score (nSPS) is 16.8. The van der Waals surface area contributed by atoms with Crippen molar-refractivity contribution in [3.05, 3.63) is 27.8 Å². The minimum atomic E-state index is -0.762. The summed E-state index contributed by atoms with van der Waals surface area (Å²) >= 11 is 0. The van der Waals surface area contributed by atoms with Crippen molar-refractivity contribution in [3.8, 4) is 5.75 Å². The number of carbonyl (C=O) groups is 2. The number of hydrogen-bond donors (Lipinski definition) is 1. The van der Waals surface area contributed by atoms with Gasteiger partial charge in [0.15, 0.2) is 5.75 Å². The number of aliphatic hydroxyl groups excluding tert-OH is 1. The molecule has 2 rings (SSSR count). The van der Waals surface area contributed by atoms with E-state index in [2.05, 4.69) is 0 Å². The molecule has 1 aromatic rings. The Hall–Kier alpha value is -3.08. The number of ether oxygens (including phenoxy) is 3. The lowest BCUT2D eigenvalue weighted by Crippen LogP contribution is -2.57. The fourth-order valence-corrected chi connectivity index (χ4v) is 3.20. The monoisotopic (exact) mass is 425 g/mol. The van der Waals surface area contributed by atoms with Crippen molar-refractivity contribution in [1.82, 2.24) is 4.90 Å². The van der Waals surface area contributed by atoms with Gasteiger partial charge < -0.3 is 29.1 Å². The third-order valence-electron chi connectivity index (χ3n) is 4.55. The van der Waals surface area contributed by atoms with Crippen LogP contribution in [0, 0.1) is 10.1 Å². The Bertz CT molecular complexity index is 821. The van der Waals surface area contributed by atoms with Crippen LogP contribution in [0.3, 0.4) is 0 Å². The van der Waals surface area contributed by atoms with Crippen LogP contribution in [-0.4, -0.2) is 79.1 Å². The number of nitro groups is 1. The highest BCUT2D eigenvalue weighted by Gasteiger charge is 2.35. The summed E-state index contributed by atoms with van der Waals surface area (Å²) in [7, 11) is 2.46. The first-order valence-corrected chi connectivity index (χ1v) is 9.32. The first-order chi connectivity index (χ1) is 14.0. The fourth-order valence-electron chi connectivity index (χ4n) is 3.20. The molecule has 0 spiro atoms. The molecule has 0 unspecified atom stereocenters. The Morgan fingerprint density at radius 1 is 1.27 bits per heavy atom. The van der Waals surface area contributed by atoms with Crippen LogP contribution in [0.2, 0.25) is 0 Å². The molecule has 11 heteroatoms. The van der Waals surface area contributed by atoms with E-state index in [1.807, 2.05) is 0 Å². The van der Waals surface area contributed by atoms with Gasteiger partial charge >= 0.3 is 17.7 Å². The number of rotatable bonds is 5. The topological polar surface area (TPSA) is 132 Å². The third-order valence-corrected chi connectivity index (χ3v) is 4.55. The summed E-state index contributed by atoms with van der Waals surface area (Å²) in [6.07, 6.45) is -0.505. The number of nitrogens with zero attached hydrogens (tertiary/aromatic N) is 3. The summed E-state index contributed by atoms with van der Waals surface area (Å²) in [5.74, 6) is -0.795. The van der Waals surface area contributed by atoms with Crippen LogP contribution in [0.1, 0.15) is 31.1 Å². The van der Waals surface area contributed by atoms with Gasteiger partial charge in [0.1, 0.15) is 5.60 Å². The molecule has 0 aliphatic carbocycles. The van der Waals surface area contributed by atoms with E-state index in [0.29, 0.717) is 5.69 Å². The molecule has 0 aromatic heterocycles. The predicted octanol–water partition coefficient (Wildman–Crippen LogP) is 1.81. The van der Waals surface area contributed by atoms with Gasteiger partial charge in [-0.2, -0.15) is 0 Å². The third kappa shape index (κ3) is 5.09. The first kappa shape index (κ1) is 23.2. The van der Waals surface area contributed by atoms with Gasteiger partial charge in [-0.05, 0) is 20.8 Å². The van der Waals surface area contributed by atoms with Gasteiger partial charge in [0, 0.05) is 31.8 Å². The molecule has 1 heterocycles. The summed E-state index contributed by atoms with van der Waals surface area (Å²) in [5.41, 5.74) is -0.761. The Kier molecular flexibility index (Phi) is 7.08. The van der Waals surface area contributed by atoms with Gasteiger partial charge in [-0.3, -0.25) is 10.1 Å². The average Bonchev–Trinajstić information content (AvgIpc) is 2.70. The van der Waals surface area contributed by atoms with E-state index in [1.165, 1.54) is 25.2 Å². The largest absolute Gasteiger partial charge is 0.490 e. The van der Waals surface area contributed by atoms with Gasteiger partial charge in [-0.1, -0.05) is 0 Å². The van der Waals surface area contributed by atoms with Gasteiger partial charge in [-0.25, -0.2) is 9.59 Å². The van der Waals surface area contributed by atoms with E-state index < -0.39 is 28.6 Å². The molecule has 30 heavy (non-hydrogen) atoms. The summed E-state index contributed by atoms with van der Waals surface area (Å²) < 4.78 is 15.3. The highest BCUT2D eigenvalue weighted by molar-refractivity contribution is 5.97. The Morgan fingerprint density at radius 3 is 2.43 bits per heavy atom. The Balaban J connectivity index is 2.41. The maximum Gasteiger partial charge on any atom is 0.410 e. The zero-order valence-electron chi connectivity index (χ0n) is 17.7. The molecular weight excluding hydrogens is 398 g/mol. The van der Waals surface area contributed by atoms with Crippen LogP contribution >= 0.6 is 0 Å². The molecular formula is C19H27N3O8. The van der Waals surface area contributed by atoms with Gasteiger partial charge in [0.25, 0.3) is 0 Å². The number of esters is 1. The summed E-state index contributed by atoms with van der Waals surface area (Å²) in [6, 6.07) is 1.89. The van der Waals surface area contributed by atoms with Gasteiger partial charge in [-0.15, -0.1) is 0 Å². The highest BCUT2D eigenvalue weighted by atomic mass is 16.6. The zero-order chi connectivity index (χ0) is 22.6. The smallest absolute Gasteiger partial charge is 0.410 e. The van der Waals surface area contributed by atoms with E-state index in [4.69, 9.17) is 14.2 Å². The van der Waals surface area contributed by atoms with Crippen molar-refractivity contribution in [3.63, 3.8) is 0 Å². The molecule has 0 radical (unpaired) electrons. The second kappa shape index (κ2) is 9.16. The second-order valence-corrected chi connectivity index (χ2v) is 7.75. The number of benzene rings is 1. The highest BCUT2D eigenvalue weighted by Crippen LogP contribution is 2.37. The van der Waals surface area contributed by atoms with Crippen LogP contribution in [0.15, 0.2) is 12.1 Å². The predicted molar refractivity (Wildman–Crippen MR) is 107 cm³/mol. The van der Waals surface area contributed by atoms with E-state index in [9.17, 15) is 24.8 Å². The second-order valence-electron chi connectivity index (χ2n) is 7.75. The Morgan fingerprint density at radius 2 is 1.93 bits per heavy atom. The van der Waals surface area contributed by atoms with E-state index >= 15 is 0 Å². The molecule has 1 saturated heterocycles. The molecule has 1 amide bonds. The van der Waals surface area contributed by atoms with Gasteiger partial charge in [0.2, 0.25) is 0 Å². The Labute approximate surface area is 174 Å². The van der Waals surface area contributed by atoms with Crippen molar-refractivity contribution in [2.75, 3.05) is 45.4 Å². The number of anilines is 1. The van der Waals surface area contributed by atoms with E-state index in [1.54, 1.807) is 25.7 Å². The standard InChI is InChI=1S/C19H27N3O8/c1-19(2,3)30-18(25)20-6-7-21(12(10-20)11-23)14-9-16(28-4)15(22(26)27)8-13(14)17(24)29-5/h8-9,12,23H,6-7,10-11H2,1-5H3/t12-/m1/s1. The summed E-state index contributed by atoms with van der Waals surface area (Å²) in [6.45, 7) is 5.63. The molecule has 1 aliphatic rings. The lowest BCUT2D eigenvalue weighted by Gasteiger charge is -2.42. The molecule has 1 fully saturated rings. The number of methoxy groups -OCH3 is 2. The lowest BCUT2D eigenvalue weighted by molar-refractivity contribution is -0.385. The fraction of sp³-hybridized carbons (Fsp3) is 0.579. The van der Waals surface area contributed by atoms with Crippen molar-refractivity contribution in [2.24, 2.45) is 0 Å². The van der Waals surface area contributed by atoms with Crippen LogP contribution < -0.4 is 9.64 Å². The average molecular weight is 425 g/mol. The van der Waals surface area contributed by atoms with Crippen LogP contribution in [0.5, 0.6) is 5.75 Å². The van der Waals surface area contributed by atoms with Crippen molar-refractivity contribution < 1.29 is 33.8 Å². The zero-order valence-corrected chi connectivity index (χ0v) is 17.7. The molecule has 0 saturated carbocycles. The maximum atomic E-state index is 12.4. The summed E-state index contributed by atoms with van der Waals surface area (Å²) in [5, 5.41) is 21.3. The quantitative estimate of drug-likeness (QED) is 0.426. The molecule has 1 N–H and O–H groups in total. The molecule has 1 atom stereocenters. The molecule has 1 aliphatic heterocycles. The van der Waals surface area contributed by atoms with Crippen molar-refractivity contribution in [2.45, 2.75) is 32.4 Å². The maximum absolute atomic E-state index is 12.4. The molecule has 1 aromatic carbocycles. The minimum absolute atomic E-state index is 0.0332. The number of nitro benzene ring substituents is 1. The number of aliphatic hydroxyl groups is 1. The number of carbonyl (C=O) groups excluding carboxylic acids is 2. The van der Waals surface area contributed by atoms with Crippen LogP contribution in [0.25, 0.3) is 0 Å². The number of piperazine rings is 1. The van der Waals surface area contributed by atoms with Crippen molar-refractivity contribution in [1.29, 1.82) is 0 Å². The number of amides is 1. The van der Waals surface area contributed by atoms with Gasteiger partial charge in [0.05, 0.1) is 43.0 Å². The molecule has 0 bridgehead atoms.